The summed E-state index contributed by atoms with van der Waals surface area (Å²) in [5.41, 5.74) is 2.54. The number of para-hydroxylation sites is 2. The number of fused-ring (bicyclic) bond motifs is 1. The summed E-state index contributed by atoms with van der Waals surface area (Å²) in [5, 5.41) is 0. The van der Waals surface area contributed by atoms with Crippen LogP contribution in [0.4, 0.5) is 5.69 Å². The Morgan fingerprint density at radius 3 is 2.82 bits per heavy atom. The van der Waals surface area contributed by atoms with Crippen LogP contribution in [0.5, 0.6) is 5.75 Å². The number of benzene rings is 2. The second-order valence-electron chi connectivity index (χ2n) is 6.95. The molecule has 0 aliphatic carbocycles. The molecule has 0 spiro atoms. The number of imidazole rings is 1. The fourth-order valence-electron chi connectivity index (χ4n) is 3.68. The number of ether oxygens (including phenoxy) is 1. The molecular formula is C21H22N4O3. The van der Waals surface area contributed by atoms with E-state index in [1.165, 1.54) is 0 Å². The number of amides is 2. The lowest BCUT2D eigenvalue weighted by Crippen LogP contribution is -2.57. The summed E-state index contributed by atoms with van der Waals surface area (Å²) in [6.07, 6.45) is 1.67. The van der Waals surface area contributed by atoms with E-state index in [4.69, 9.17) is 4.74 Å². The van der Waals surface area contributed by atoms with Gasteiger partial charge in [0.2, 0.25) is 11.8 Å². The molecule has 4 rings (SSSR count). The topological polar surface area (TPSA) is 67.7 Å². The molecule has 1 aliphatic rings. The van der Waals surface area contributed by atoms with Crippen molar-refractivity contribution < 1.29 is 14.3 Å². The third-order valence-electron chi connectivity index (χ3n) is 5.04. The van der Waals surface area contributed by atoms with Crippen LogP contribution in [0.2, 0.25) is 0 Å². The number of hydrogen-bond donors (Lipinski definition) is 0. The Labute approximate surface area is 163 Å². The first-order valence-corrected chi connectivity index (χ1v) is 9.20. The SMILES string of the molecule is COc1cccc(N2C(=O)CN(C(=O)Cn3cnc4ccccc43)CC2C)c1. The summed E-state index contributed by atoms with van der Waals surface area (Å²) in [6.45, 7) is 2.66. The third-order valence-corrected chi connectivity index (χ3v) is 5.04. The van der Waals surface area contributed by atoms with Crippen LogP contribution in [0, 0.1) is 0 Å². The molecule has 1 aromatic heterocycles. The van der Waals surface area contributed by atoms with Crippen LogP contribution < -0.4 is 9.64 Å². The van der Waals surface area contributed by atoms with Gasteiger partial charge < -0.3 is 19.1 Å². The van der Waals surface area contributed by atoms with Crippen LogP contribution in [-0.2, 0) is 16.1 Å². The first-order valence-electron chi connectivity index (χ1n) is 9.20. The summed E-state index contributed by atoms with van der Waals surface area (Å²) < 4.78 is 7.08. The van der Waals surface area contributed by atoms with Crippen molar-refractivity contribution in [2.75, 3.05) is 25.1 Å². The molecule has 1 saturated heterocycles. The maximum absolute atomic E-state index is 12.8. The van der Waals surface area contributed by atoms with E-state index in [1.54, 1.807) is 23.2 Å². The van der Waals surface area contributed by atoms with Crippen molar-refractivity contribution >= 4 is 28.5 Å². The number of methoxy groups -OCH3 is 1. The zero-order valence-electron chi connectivity index (χ0n) is 15.9. The first-order chi connectivity index (χ1) is 13.6. The van der Waals surface area contributed by atoms with Crippen LogP contribution in [0.15, 0.2) is 54.9 Å². The summed E-state index contributed by atoms with van der Waals surface area (Å²) >= 11 is 0. The Morgan fingerprint density at radius 2 is 2.04 bits per heavy atom. The zero-order chi connectivity index (χ0) is 19.7. The Kier molecular flexibility index (Phi) is 4.73. The van der Waals surface area contributed by atoms with Crippen molar-refractivity contribution in [2.45, 2.75) is 19.5 Å². The number of nitrogens with zero attached hydrogens (tertiary/aromatic N) is 4. The molecule has 28 heavy (non-hydrogen) atoms. The Hall–Kier alpha value is -3.35. The van der Waals surface area contributed by atoms with Crippen LogP contribution >= 0.6 is 0 Å². The number of rotatable bonds is 4. The van der Waals surface area contributed by atoms with E-state index in [2.05, 4.69) is 4.98 Å². The van der Waals surface area contributed by atoms with Gasteiger partial charge in [-0.05, 0) is 31.2 Å². The van der Waals surface area contributed by atoms with Crippen LogP contribution in [-0.4, -0.2) is 52.5 Å². The molecule has 0 N–H and O–H groups in total. The van der Waals surface area contributed by atoms with Gasteiger partial charge in [-0.3, -0.25) is 9.59 Å². The molecule has 1 aliphatic heterocycles. The van der Waals surface area contributed by atoms with E-state index in [-0.39, 0.29) is 30.9 Å². The Bertz CT molecular complexity index is 1030. The molecule has 144 valence electrons. The van der Waals surface area contributed by atoms with Crippen molar-refractivity contribution in [3.8, 4) is 5.75 Å². The van der Waals surface area contributed by atoms with Crippen molar-refractivity contribution in [1.29, 1.82) is 0 Å². The van der Waals surface area contributed by atoms with Gasteiger partial charge in [0, 0.05) is 18.3 Å². The van der Waals surface area contributed by atoms with E-state index in [1.807, 2.05) is 60.0 Å². The van der Waals surface area contributed by atoms with Gasteiger partial charge in [0.1, 0.15) is 18.8 Å². The molecule has 7 heteroatoms. The lowest BCUT2D eigenvalue weighted by atomic mass is 10.1. The summed E-state index contributed by atoms with van der Waals surface area (Å²) in [7, 11) is 1.60. The Balaban J connectivity index is 1.49. The lowest BCUT2D eigenvalue weighted by molar-refractivity contribution is -0.138. The largest absolute Gasteiger partial charge is 0.497 e. The van der Waals surface area contributed by atoms with Gasteiger partial charge in [-0.15, -0.1) is 0 Å². The normalized spacial score (nSPS) is 17.2. The highest BCUT2D eigenvalue weighted by atomic mass is 16.5. The molecule has 2 heterocycles. The highest BCUT2D eigenvalue weighted by molar-refractivity contribution is 5.98. The van der Waals surface area contributed by atoms with Gasteiger partial charge in [-0.1, -0.05) is 18.2 Å². The number of carbonyl (C=O) groups is 2. The van der Waals surface area contributed by atoms with Gasteiger partial charge >= 0.3 is 0 Å². The van der Waals surface area contributed by atoms with E-state index in [0.29, 0.717) is 12.3 Å². The van der Waals surface area contributed by atoms with Crippen molar-refractivity contribution in [1.82, 2.24) is 14.5 Å². The van der Waals surface area contributed by atoms with Crippen molar-refractivity contribution in [2.24, 2.45) is 0 Å². The van der Waals surface area contributed by atoms with E-state index in [0.717, 1.165) is 16.7 Å². The minimum atomic E-state index is -0.128. The van der Waals surface area contributed by atoms with Gasteiger partial charge in [0.15, 0.2) is 0 Å². The molecule has 1 atom stereocenters. The summed E-state index contributed by atoms with van der Waals surface area (Å²) in [4.78, 5) is 33.3. The molecule has 0 radical (unpaired) electrons. The van der Waals surface area contributed by atoms with Crippen LogP contribution in [0.1, 0.15) is 6.92 Å². The second kappa shape index (κ2) is 7.34. The fourth-order valence-corrected chi connectivity index (χ4v) is 3.68. The smallest absolute Gasteiger partial charge is 0.246 e. The molecule has 1 fully saturated rings. The van der Waals surface area contributed by atoms with Crippen molar-refractivity contribution in [3.63, 3.8) is 0 Å². The molecule has 7 nitrogen and oxygen atoms in total. The predicted octanol–water partition coefficient (Wildman–Crippen LogP) is 2.31. The van der Waals surface area contributed by atoms with E-state index >= 15 is 0 Å². The summed E-state index contributed by atoms with van der Waals surface area (Å²) in [6, 6.07) is 15.0. The van der Waals surface area contributed by atoms with Crippen molar-refractivity contribution in [3.05, 3.63) is 54.9 Å². The van der Waals surface area contributed by atoms with Gasteiger partial charge in [0.05, 0.1) is 30.5 Å². The maximum atomic E-state index is 12.8. The van der Waals surface area contributed by atoms with Gasteiger partial charge in [-0.2, -0.15) is 0 Å². The van der Waals surface area contributed by atoms with Gasteiger partial charge in [0.25, 0.3) is 0 Å². The summed E-state index contributed by atoms with van der Waals surface area (Å²) in [5.74, 6) is 0.507. The predicted molar refractivity (Wildman–Crippen MR) is 106 cm³/mol. The maximum Gasteiger partial charge on any atom is 0.246 e. The molecule has 0 bridgehead atoms. The monoisotopic (exact) mass is 378 g/mol. The van der Waals surface area contributed by atoms with Gasteiger partial charge in [-0.25, -0.2) is 4.98 Å². The highest BCUT2D eigenvalue weighted by Crippen LogP contribution is 2.25. The van der Waals surface area contributed by atoms with E-state index in [9.17, 15) is 9.59 Å². The van der Waals surface area contributed by atoms with E-state index < -0.39 is 0 Å². The number of aromatic nitrogens is 2. The fraction of sp³-hybridized carbons (Fsp3) is 0.286. The number of piperazine rings is 1. The lowest BCUT2D eigenvalue weighted by Gasteiger charge is -2.39. The molecule has 2 aromatic carbocycles. The van der Waals surface area contributed by atoms with Crippen LogP contribution in [0.3, 0.4) is 0 Å². The second-order valence-corrected chi connectivity index (χ2v) is 6.95. The molecule has 1 unspecified atom stereocenters. The first kappa shape index (κ1) is 18.0. The zero-order valence-corrected chi connectivity index (χ0v) is 15.9. The molecule has 0 saturated carbocycles. The number of anilines is 1. The average Bonchev–Trinajstić information content (AvgIpc) is 3.10. The highest BCUT2D eigenvalue weighted by Gasteiger charge is 2.33. The number of hydrogen-bond acceptors (Lipinski definition) is 4. The molecule has 3 aromatic rings. The third kappa shape index (κ3) is 3.31. The van der Waals surface area contributed by atoms with Crippen LogP contribution in [0.25, 0.3) is 11.0 Å². The molecule has 2 amide bonds. The Morgan fingerprint density at radius 1 is 1.21 bits per heavy atom. The average molecular weight is 378 g/mol. The number of carbonyl (C=O) groups excluding carboxylic acids is 2. The molecular weight excluding hydrogens is 356 g/mol. The minimum absolute atomic E-state index is 0.0625. The standard InChI is InChI=1S/C21H22N4O3/c1-15-11-23(13-21(27)25(15)16-6-5-7-17(10-16)28-2)20(26)12-24-14-22-18-8-3-4-9-19(18)24/h3-10,14-15H,11-13H2,1-2H3. The minimum Gasteiger partial charge on any atom is -0.497 e. The quantitative estimate of drug-likeness (QED) is 0.699.